The van der Waals surface area contributed by atoms with Gasteiger partial charge in [-0.15, -0.1) is 11.3 Å². The molecule has 1 saturated carbocycles. The molecule has 1 atom stereocenters. The van der Waals surface area contributed by atoms with Crippen molar-refractivity contribution in [1.29, 1.82) is 5.26 Å². The third kappa shape index (κ3) is 3.31. The first kappa shape index (κ1) is 18.4. The Labute approximate surface area is 164 Å². The summed E-state index contributed by atoms with van der Waals surface area (Å²) in [5, 5.41) is 14.2. The zero-order valence-corrected chi connectivity index (χ0v) is 15.9. The first-order valence-corrected chi connectivity index (χ1v) is 9.69. The molecule has 2 aliphatic rings. The fourth-order valence-corrected chi connectivity index (χ4v) is 4.05. The van der Waals surface area contributed by atoms with Crippen LogP contribution in [-0.4, -0.2) is 36.2 Å². The van der Waals surface area contributed by atoms with Gasteiger partial charge in [-0.1, -0.05) is 0 Å². The van der Waals surface area contributed by atoms with E-state index in [4.69, 9.17) is 4.74 Å². The molecular formula is C19H17FN4O3S. The standard InChI is InChI=1S/C19H17FN4O3S/c1-11(25)22-7-13-8-24(18(26)27-13)12-2-3-14(15(20)6-12)17-23-16(9-28-17)19(10-21)4-5-19/h2-3,6,9,13H,4-5,7-8H2,1H3,(H,22,25). The number of hydrogen-bond donors (Lipinski definition) is 1. The Morgan fingerprint density at radius 1 is 1.54 bits per heavy atom. The molecule has 1 aromatic heterocycles. The number of halogens is 1. The largest absolute Gasteiger partial charge is 0.442 e. The number of benzene rings is 1. The average molecular weight is 400 g/mol. The Morgan fingerprint density at radius 2 is 2.32 bits per heavy atom. The minimum Gasteiger partial charge on any atom is -0.442 e. The van der Waals surface area contributed by atoms with Gasteiger partial charge in [-0.3, -0.25) is 9.69 Å². The SMILES string of the molecule is CC(=O)NCC1CN(c2ccc(-c3nc(C4(C#N)CC4)cs3)c(F)c2)C(=O)O1. The molecule has 1 aliphatic carbocycles. The van der Waals surface area contributed by atoms with Gasteiger partial charge in [0.15, 0.2) is 0 Å². The van der Waals surface area contributed by atoms with Crippen molar-refractivity contribution in [3.05, 3.63) is 35.1 Å². The Kier molecular flexibility index (Phi) is 4.51. The molecule has 1 aliphatic heterocycles. The van der Waals surface area contributed by atoms with E-state index in [9.17, 15) is 19.2 Å². The van der Waals surface area contributed by atoms with Crippen LogP contribution >= 0.6 is 11.3 Å². The number of nitriles is 1. The van der Waals surface area contributed by atoms with Crippen LogP contribution in [0.15, 0.2) is 23.6 Å². The van der Waals surface area contributed by atoms with Gasteiger partial charge in [0.2, 0.25) is 5.91 Å². The molecule has 9 heteroatoms. The van der Waals surface area contributed by atoms with Gasteiger partial charge in [-0.05, 0) is 31.0 Å². The van der Waals surface area contributed by atoms with Crippen molar-refractivity contribution >= 4 is 29.0 Å². The Hall–Kier alpha value is -2.99. The lowest BCUT2D eigenvalue weighted by molar-refractivity contribution is -0.119. The van der Waals surface area contributed by atoms with Crippen molar-refractivity contribution in [2.24, 2.45) is 0 Å². The molecule has 4 rings (SSSR count). The fourth-order valence-electron chi connectivity index (χ4n) is 3.11. The van der Waals surface area contributed by atoms with E-state index >= 15 is 0 Å². The highest BCUT2D eigenvalue weighted by molar-refractivity contribution is 7.13. The lowest BCUT2D eigenvalue weighted by Crippen LogP contribution is -2.33. The fraction of sp³-hybridized carbons (Fsp3) is 0.368. The predicted octanol–water partition coefficient (Wildman–Crippen LogP) is 2.97. The Bertz CT molecular complexity index is 995. The zero-order chi connectivity index (χ0) is 19.9. The van der Waals surface area contributed by atoms with Crippen LogP contribution in [0.25, 0.3) is 10.6 Å². The Morgan fingerprint density at radius 3 is 2.96 bits per heavy atom. The molecule has 1 saturated heterocycles. The second-order valence-electron chi connectivity index (χ2n) is 6.95. The van der Waals surface area contributed by atoms with Crippen molar-refractivity contribution in [2.75, 3.05) is 18.0 Å². The van der Waals surface area contributed by atoms with E-state index in [-0.39, 0.29) is 19.0 Å². The summed E-state index contributed by atoms with van der Waals surface area (Å²) < 4.78 is 19.9. The van der Waals surface area contributed by atoms with E-state index < -0.39 is 23.4 Å². The summed E-state index contributed by atoms with van der Waals surface area (Å²) >= 11 is 1.30. The summed E-state index contributed by atoms with van der Waals surface area (Å²) in [7, 11) is 0. The number of cyclic esters (lactones) is 1. The monoisotopic (exact) mass is 400 g/mol. The second kappa shape index (κ2) is 6.87. The first-order valence-electron chi connectivity index (χ1n) is 8.82. The van der Waals surface area contributed by atoms with E-state index in [1.165, 1.54) is 29.2 Å². The number of hydrogen-bond acceptors (Lipinski definition) is 6. The number of rotatable bonds is 5. The molecule has 2 fully saturated rings. The molecule has 1 N–H and O–H groups in total. The molecule has 1 aromatic carbocycles. The van der Waals surface area contributed by atoms with E-state index in [2.05, 4.69) is 16.4 Å². The molecule has 28 heavy (non-hydrogen) atoms. The summed E-state index contributed by atoms with van der Waals surface area (Å²) in [5.74, 6) is -0.713. The van der Waals surface area contributed by atoms with Gasteiger partial charge < -0.3 is 10.1 Å². The van der Waals surface area contributed by atoms with E-state index in [1.807, 2.05) is 5.38 Å². The third-order valence-electron chi connectivity index (χ3n) is 4.91. The number of nitrogens with zero attached hydrogens (tertiary/aromatic N) is 3. The van der Waals surface area contributed by atoms with Crippen LogP contribution in [0.1, 0.15) is 25.5 Å². The van der Waals surface area contributed by atoms with Crippen molar-refractivity contribution < 1.29 is 18.7 Å². The number of thiazole rings is 1. The molecule has 1 unspecified atom stereocenters. The van der Waals surface area contributed by atoms with Crippen molar-refractivity contribution in [2.45, 2.75) is 31.3 Å². The average Bonchev–Trinajstić information content (AvgIpc) is 3.14. The molecule has 144 valence electrons. The minimum atomic E-state index is -0.580. The summed E-state index contributed by atoms with van der Waals surface area (Å²) in [4.78, 5) is 28.9. The van der Waals surface area contributed by atoms with Crippen LogP contribution in [0.5, 0.6) is 0 Å². The molecule has 2 heterocycles. The van der Waals surface area contributed by atoms with Crippen molar-refractivity contribution in [1.82, 2.24) is 10.3 Å². The molecule has 7 nitrogen and oxygen atoms in total. The maximum Gasteiger partial charge on any atom is 0.414 e. The highest BCUT2D eigenvalue weighted by atomic mass is 32.1. The quantitative estimate of drug-likeness (QED) is 0.833. The number of aromatic nitrogens is 1. The Balaban J connectivity index is 1.52. The van der Waals surface area contributed by atoms with Crippen molar-refractivity contribution in [3.63, 3.8) is 0 Å². The normalized spacial score (nSPS) is 19.8. The molecule has 0 bridgehead atoms. The van der Waals surface area contributed by atoms with Crippen LogP contribution in [0.2, 0.25) is 0 Å². The third-order valence-corrected chi connectivity index (χ3v) is 5.78. The molecule has 2 aromatic rings. The zero-order valence-electron chi connectivity index (χ0n) is 15.1. The van der Waals surface area contributed by atoms with Gasteiger partial charge in [-0.2, -0.15) is 5.26 Å². The minimum absolute atomic E-state index is 0.209. The second-order valence-corrected chi connectivity index (χ2v) is 7.81. The predicted molar refractivity (Wildman–Crippen MR) is 100 cm³/mol. The van der Waals surface area contributed by atoms with Crippen LogP contribution in [-0.2, 0) is 14.9 Å². The number of carbonyl (C=O) groups is 2. The highest BCUT2D eigenvalue weighted by Gasteiger charge is 2.47. The van der Waals surface area contributed by atoms with Gasteiger partial charge >= 0.3 is 6.09 Å². The topological polar surface area (TPSA) is 95.3 Å². The summed E-state index contributed by atoms with van der Waals surface area (Å²) in [5.41, 5.74) is 0.899. The smallest absolute Gasteiger partial charge is 0.414 e. The maximum absolute atomic E-state index is 14.7. The molecule has 2 amide bonds. The van der Waals surface area contributed by atoms with Gasteiger partial charge in [-0.25, -0.2) is 14.2 Å². The van der Waals surface area contributed by atoms with Crippen LogP contribution in [0, 0.1) is 17.1 Å². The number of amides is 2. The number of carbonyl (C=O) groups excluding carboxylic acids is 2. The van der Waals surface area contributed by atoms with Gasteiger partial charge in [0.1, 0.15) is 22.3 Å². The molecule has 0 radical (unpaired) electrons. The first-order chi connectivity index (χ1) is 13.4. The van der Waals surface area contributed by atoms with Gasteiger partial charge in [0.25, 0.3) is 0 Å². The summed E-state index contributed by atoms with van der Waals surface area (Å²) in [6.07, 6.45) is 0.500. The highest BCUT2D eigenvalue weighted by Crippen LogP contribution is 2.48. The van der Waals surface area contributed by atoms with Gasteiger partial charge in [0, 0.05) is 17.9 Å². The lowest BCUT2D eigenvalue weighted by Gasteiger charge is -2.14. The number of ether oxygens (including phenoxy) is 1. The number of anilines is 1. The molecular weight excluding hydrogens is 383 g/mol. The maximum atomic E-state index is 14.7. The lowest BCUT2D eigenvalue weighted by atomic mass is 10.1. The number of nitrogens with one attached hydrogen (secondary N) is 1. The van der Waals surface area contributed by atoms with Gasteiger partial charge in [0.05, 0.1) is 30.5 Å². The molecule has 0 spiro atoms. The van der Waals surface area contributed by atoms with E-state index in [0.29, 0.717) is 22.0 Å². The summed E-state index contributed by atoms with van der Waals surface area (Å²) in [6.45, 7) is 1.82. The van der Waals surface area contributed by atoms with Crippen LogP contribution in [0.4, 0.5) is 14.9 Å². The van der Waals surface area contributed by atoms with Crippen LogP contribution < -0.4 is 10.2 Å². The summed E-state index contributed by atoms with van der Waals surface area (Å²) in [6, 6.07) is 6.77. The van der Waals surface area contributed by atoms with Crippen LogP contribution in [0.3, 0.4) is 0 Å². The van der Waals surface area contributed by atoms with E-state index in [1.54, 1.807) is 12.1 Å². The van der Waals surface area contributed by atoms with E-state index in [0.717, 1.165) is 12.8 Å². The van der Waals surface area contributed by atoms with Crippen molar-refractivity contribution in [3.8, 4) is 16.6 Å².